The van der Waals surface area contributed by atoms with Crippen molar-refractivity contribution in [1.29, 1.82) is 0 Å². The Kier molecular flexibility index (Phi) is 4.63. The number of fused-ring (bicyclic) bond motifs is 1. The van der Waals surface area contributed by atoms with Crippen LogP contribution in [0.25, 0.3) is 5.69 Å². The quantitative estimate of drug-likeness (QED) is 0.366. The van der Waals surface area contributed by atoms with Gasteiger partial charge in [0, 0.05) is 5.56 Å². The van der Waals surface area contributed by atoms with Crippen LogP contribution < -0.4 is 9.90 Å². The highest BCUT2D eigenvalue weighted by Gasteiger charge is 2.44. The SMILES string of the molecule is Cc1ccc(N2Oc3c(c(O)n(-c4ccc(C(=O)O)cc4)c3O)[C@@H]2c2ccccc2O)cc1. The fourth-order valence-electron chi connectivity index (χ4n) is 4.04. The summed E-state index contributed by atoms with van der Waals surface area (Å²) in [6, 6.07) is 19.2. The maximum Gasteiger partial charge on any atom is 0.335 e. The van der Waals surface area contributed by atoms with Crippen LogP contribution in [0.1, 0.15) is 33.1 Å². The third-order valence-corrected chi connectivity index (χ3v) is 5.70. The number of phenolic OH excluding ortho intramolecular Hbond substituents is 1. The second kappa shape index (κ2) is 7.52. The molecule has 0 unspecified atom stereocenters. The van der Waals surface area contributed by atoms with Gasteiger partial charge in [0.15, 0.2) is 0 Å². The molecule has 4 N–H and O–H groups in total. The summed E-state index contributed by atoms with van der Waals surface area (Å²) in [5.74, 6) is -1.66. The van der Waals surface area contributed by atoms with Crippen molar-refractivity contribution in [3.63, 3.8) is 0 Å². The number of aryl methyl sites for hydroxylation is 1. The van der Waals surface area contributed by atoms with E-state index in [0.717, 1.165) is 5.56 Å². The first-order chi connectivity index (χ1) is 15.9. The zero-order valence-corrected chi connectivity index (χ0v) is 17.5. The molecular weight excluding hydrogens is 424 g/mol. The molecule has 2 heterocycles. The van der Waals surface area contributed by atoms with Crippen LogP contribution in [0.5, 0.6) is 23.3 Å². The number of nitrogens with zero attached hydrogens (tertiary/aromatic N) is 2. The molecule has 1 atom stereocenters. The Morgan fingerprint density at radius 2 is 1.48 bits per heavy atom. The van der Waals surface area contributed by atoms with Crippen LogP contribution in [0.15, 0.2) is 72.8 Å². The van der Waals surface area contributed by atoms with Crippen molar-refractivity contribution in [3.05, 3.63) is 95.1 Å². The largest absolute Gasteiger partial charge is 0.508 e. The average molecular weight is 444 g/mol. The van der Waals surface area contributed by atoms with Crippen LogP contribution in [0.2, 0.25) is 0 Å². The minimum absolute atomic E-state index is 0.00788. The summed E-state index contributed by atoms with van der Waals surface area (Å²) in [6.07, 6.45) is 0. The number of hydrogen-bond donors (Lipinski definition) is 4. The number of aromatic nitrogens is 1. The molecule has 1 aliphatic heterocycles. The van der Waals surface area contributed by atoms with Gasteiger partial charge >= 0.3 is 5.97 Å². The number of hydroxylamine groups is 1. The van der Waals surface area contributed by atoms with Crippen LogP contribution >= 0.6 is 0 Å². The van der Waals surface area contributed by atoms with E-state index in [9.17, 15) is 20.1 Å². The molecule has 0 amide bonds. The van der Waals surface area contributed by atoms with Gasteiger partial charge in [0.05, 0.1) is 22.5 Å². The van der Waals surface area contributed by atoms with E-state index in [2.05, 4.69) is 0 Å². The van der Waals surface area contributed by atoms with Crippen LogP contribution in [0, 0.1) is 6.92 Å². The van der Waals surface area contributed by atoms with E-state index in [1.807, 2.05) is 31.2 Å². The molecule has 8 heteroatoms. The lowest BCUT2D eigenvalue weighted by atomic mass is 9.99. The number of phenols is 1. The molecule has 3 aromatic carbocycles. The van der Waals surface area contributed by atoms with E-state index in [1.165, 1.54) is 33.9 Å². The number of anilines is 1. The maximum atomic E-state index is 11.2. The fourth-order valence-corrected chi connectivity index (χ4v) is 4.04. The number of para-hydroxylation sites is 1. The molecule has 0 spiro atoms. The lowest BCUT2D eigenvalue weighted by molar-refractivity contribution is 0.0697. The van der Waals surface area contributed by atoms with E-state index in [4.69, 9.17) is 9.94 Å². The second-order valence-electron chi connectivity index (χ2n) is 7.79. The number of hydrogen-bond acceptors (Lipinski definition) is 6. The number of carbonyl (C=O) groups is 1. The number of carboxylic acids is 1. The van der Waals surface area contributed by atoms with E-state index in [1.54, 1.807) is 24.3 Å². The summed E-state index contributed by atoms with van der Waals surface area (Å²) in [5.41, 5.74) is 2.90. The van der Waals surface area contributed by atoms with Gasteiger partial charge in [0.25, 0.3) is 0 Å². The van der Waals surface area contributed by atoms with Gasteiger partial charge in [-0.15, -0.1) is 0 Å². The molecule has 0 bridgehead atoms. The molecule has 1 aliphatic rings. The van der Waals surface area contributed by atoms with Crippen molar-refractivity contribution in [2.75, 3.05) is 5.06 Å². The molecule has 166 valence electrons. The monoisotopic (exact) mass is 444 g/mol. The van der Waals surface area contributed by atoms with Crippen LogP contribution in [0.3, 0.4) is 0 Å². The molecule has 5 rings (SSSR count). The Bertz CT molecular complexity index is 1360. The first-order valence-corrected chi connectivity index (χ1v) is 10.2. The Morgan fingerprint density at radius 1 is 0.848 bits per heavy atom. The maximum absolute atomic E-state index is 11.2. The smallest absolute Gasteiger partial charge is 0.335 e. The van der Waals surface area contributed by atoms with Gasteiger partial charge < -0.3 is 25.3 Å². The zero-order chi connectivity index (χ0) is 23.3. The van der Waals surface area contributed by atoms with Gasteiger partial charge in [0.1, 0.15) is 11.8 Å². The number of benzene rings is 3. The highest BCUT2D eigenvalue weighted by atomic mass is 16.7. The highest BCUT2D eigenvalue weighted by molar-refractivity contribution is 5.87. The first kappa shape index (κ1) is 20.3. The van der Waals surface area contributed by atoms with Crippen molar-refractivity contribution in [1.82, 2.24) is 4.57 Å². The minimum Gasteiger partial charge on any atom is -0.508 e. The summed E-state index contributed by atoms with van der Waals surface area (Å²) >= 11 is 0. The minimum atomic E-state index is -1.08. The highest BCUT2D eigenvalue weighted by Crippen LogP contribution is 2.55. The summed E-state index contributed by atoms with van der Waals surface area (Å²) in [5, 5.41) is 43.4. The molecule has 0 fully saturated rings. The third kappa shape index (κ3) is 3.20. The van der Waals surface area contributed by atoms with Gasteiger partial charge in [-0.05, 0) is 49.4 Å². The van der Waals surface area contributed by atoms with Crippen LogP contribution in [0.4, 0.5) is 5.69 Å². The topological polar surface area (TPSA) is 115 Å². The molecule has 0 saturated heterocycles. The average Bonchev–Trinajstić information content (AvgIpc) is 3.31. The van der Waals surface area contributed by atoms with Crippen molar-refractivity contribution in [3.8, 4) is 28.9 Å². The lowest BCUT2D eigenvalue weighted by Gasteiger charge is -2.26. The number of aromatic hydroxyl groups is 3. The Balaban J connectivity index is 1.68. The first-order valence-electron chi connectivity index (χ1n) is 10.2. The standard InChI is InChI=1S/C25H20N2O6/c1-14-6-10-17(11-7-14)27-21(18-4-2-3-5-19(18)28)20-22(33-27)24(30)26(23(20)29)16-12-8-15(9-13-16)25(31)32/h2-13,21,28-30H,1H3,(H,31,32)/t21-/m0/s1. The van der Waals surface area contributed by atoms with Crippen molar-refractivity contribution >= 4 is 11.7 Å². The van der Waals surface area contributed by atoms with E-state index in [0.29, 0.717) is 16.9 Å². The molecule has 33 heavy (non-hydrogen) atoms. The van der Waals surface area contributed by atoms with Crippen LogP contribution in [-0.2, 0) is 0 Å². The van der Waals surface area contributed by atoms with E-state index in [-0.39, 0.29) is 34.4 Å². The zero-order valence-electron chi connectivity index (χ0n) is 17.5. The van der Waals surface area contributed by atoms with Gasteiger partial charge in [-0.2, -0.15) is 5.06 Å². The second-order valence-corrected chi connectivity index (χ2v) is 7.79. The molecule has 0 aliphatic carbocycles. The molecule has 0 saturated carbocycles. The third-order valence-electron chi connectivity index (χ3n) is 5.70. The number of carboxylic acid groups (broad SMARTS) is 1. The summed E-state index contributed by atoms with van der Waals surface area (Å²) < 4.78 is 1.18. The predicted molar refractivity (Wildman–Crippen MR) is 120 cm³/mol. The Labute approximate surface area is 188 Å². The van der Waals surface area contributed by atoms with Gasteiger partial charge in [0.2, 0.25) is 17.5 Å². The Hall–Kier alpha value is -4.59. The van der Waals surface area contributed by atoms with Crippen molar-refractivity contribution in [2.24, 2.45) is 0 Å². The van der Waals surface area contributed by atoms with E-state index < -0.39 is 12.0 Å². The molecular formula is C25H20N2O6. The molecule has 8 nitrogen and oxygen atoms in total. The Morgan fingerprint density at radius 3 is 2.12 bits per heavy atom. The van der Waals surface area contributed by atoms with E-state index >= 15 is 0 Å². The summed E-state index contributed by atoms with van der Waals surface area (Å²) in [4.78, 5) is 17.2. The fraction of sp³-hybridized carbons (Fsp3) is 0.0800. The van der Waals surface area contributed by atoms with Gasteiger partial charge in [-0.1, -0.05) is 35.9 Å². The predicted octanol–water partition coefficient (Wildman–Crippen LogP) is 4.50. The molecule has 0 radical (unpaired) electrons. The number of rotatable bonds is 4. The summed E-state index contributed by atoms with van der Waals surface area (Å²) in [6.45, 7) is 1.96. The molecule has 1 aromatic heterocycles. The van der Waals surface area contributed by atoms with Crippen LogP contribution in [-0.4, -0.2) is 31.0 Å². The van der Waals surface area contributed by atoms with Gasteiger partial charge in [-0.3, -0.25) is 0 Å². The normalized spacial score (nSPS) is 14.7. The van der Waals surface area contributed by atoms with Crippen molar-refractivity contribution in [2.45, 2.75) is 13.0 Å². The molecule has 4 aromatic rings. The lowest BCUT2D eigenvalue weighted by Crippen LogP contribution is -2.27. The summed E-state index contributed by atoms with van der Waals surface area (Å²) in [7, 11) is 0. The van der Waals surface area contributed by atoms with Crippen molar-refractivity contribution < 1.29 is 30.1 Å². The number of aromatic carboxylic acids is 1. The van der Waals surface area contributed by atoms with Gasteiger partial charge in [-0.25, -0.2) is 9.36 Å².